The molecule has 0 saturated carbocycles. The first kappa shape index (κ1) is 26.5. The first-order valence-electron chi connectivity index (χ1n) is 12.6. The lowest BCUT2D eigenvalue weighted by atomic mass is 9.95. The molecule has 36 heavy (non-hydrogen) atoms. The van der Waals surface area contributed by atoms with E-state index in [-0.39, 0.29) is 25.9 Å². The highest BCUT2D eigenvalue weighted by molar-refractivity contribution is 7.91. The molecule has 11 heteroatoms. The Balaban J connectivity index is 1.39. The van der Waals surface area contributed by atoms with Crippen LogP contribution in [0.15, 0.2) is 47.1 Å². The minimum absolute atomic E-state index is 0.0993. The Morgan fingerprint density at radius 3 is 2.36 bits per heavy atom. The van der Waals surface area contributed by atoms with E-state index in [1.54, 1.807) is 11.7 Å². The van der Waals surface area contributed by atoms with E-state index >= 15 is 0 Å². The summed E-state index contributed by atoms with van der Waals surface area (Å²) >= 11 is 0. The van der Waals surface area contributed by atoms with Crippen molar-refractivity contribution in [2.75, 3.05) is 50.8 Å². The zero-order valence-electron chi connectivity index (χ0n) is 20.8. The van der Waals surface area contributed by atoms with Gasteiger partial charge in [-0.1, -0.05) is 13.3 Å². The summed E-state index contributed by atoms with van der Waals surface area (Å²) in [5.74, 6) is 0.749. The van der Waals surface area contributed by atoms with Crippen LogP contribution in [0.4, 0.5) is 5.69 Å². The minimum Gasteiger partial charge on any atom is -0.494 e. The number of rotatable bonds is 10. The molecule has 1 amide bonds. The second-order valence-electron chi connectivity index (χ2n) is 9.38. The van der Waals surface area contributed by atoms with Gasteiger partial charge in [-0.2, -0.15) is 4.31 Å². The lowest BCUT2D eigenvalue weighted by Gasteiger charge is -2.44. The van der Waals surface area contributed by atoms with Gasteiger partial charge < -0.3 is 14.1 Å². The van der Waals surface area contributed by atoms with E-state index < -0.39 is 20.7 Å². The Bertz CT molecular complexity index is 1070. The van der Waals surface area contributed by atoms with Gasteiger partial charge in [0, 0.05) is 45.0 Å². The first-order valence-corrected chi connectivity index (χ1v) is 14.0. The van der Waals surface area contributed by atoms with Gasteiger partial charge in [-0.15, -0.1) is 0 Å². The minimum atomic E-state index is -4.00. The molecule has 0 unspecified atom stereocenters. The summed E-state index contributed by atoms with van der Waals surface area (Å²) in [5.41, 5.74) is 2.64. The number of nitrogens with one attached hydrogen (secondary N) is 1. The number of benzene rings is 1. The Morgan fingerprint density at radius 1 is 1.08 bits per heavy atom. The maximum Gasteiger partial charge on any atom is 0.266 e. The van der Waals surface area contributed by atoms with E-state index in [0.29, 0.717) is 39.3 Å². The first-order chi connectivity index (χ1) is 17.4. The van der Waals surface area contributed by atoms with Crippen LogP contribution >= 0.6 is 0 Å². The van der Waals surface area contributed by atoms with Gasteiger partial charge in [0.15, 0.2) is 4.75 Å². The highest BCUT2D eigenvalue weighted by Crippen LogP contribution is 2.35. The van der Waals surface area contributed by atoms with Crippen molar-refractivity contribution in [3.63, 3.8) is 0 Å². The molecule has 0 spiro atoms. The van der Waals surface area contributed by atoms with Crippen LogP contribution in [0.5, 0.6) is 5.75 Å². The van der Waals surface area contributed by atoms with E-state index in [1.165, 1.54) is 4.31 Å². The second-order valence-corrected chi connectivity index (χ2v) is 11.6. The number of hydrogen-bond donors (Lipinski definition) is 2. The molecule has 198 valence electrons. The topological polar surface area (TPSA) is 116 Å². The van der Waals surface area contributed by atoms with Crippen molar-refractivity contribution in [1.82, 2.24) is 14.7 Å². The van der Waals surface area contributed by atoms with Crippen molar-refractivity contribution in [1.29, 1.82) is 0 Å². The second kappa shape index (κ2) is 11.6. The molecule has 0 atom stereocenters. The van der Waals surface area contributed by atoms with Crippen LogP contribution < -0.4 is 15.1 Å². The van der Waals surface area contributed by atoms with E-state index in [1.807, 2.05) is 36.4 Å². The summed E-state index contributed by atoms with van der Waals surface area (Å²) < 4.78 is 38.4. The number of piperidine rings is 1. The van der Waals surface area contributed by atoms with Crippen LogP contribution in [-0.2, 0) is 21.4 Å². The van der Waals surface area contributed by atoms with Crippen LogP contribution in [0.3, 0.4) is 0 Å². The summed E-state index contributed by atoms with van der Waals surface area (Å²) in [6, 6.07) is 11.5. The molecule has 1 aromatic carbocycles. The number of unbranched alkanes of at least 4 members (excludes halogenated alkanes) is 1. The third-order valence-electron chi connectivity index (χ3n) is 7.18. The zero-order valence-corrected chi connectivity index (χ0v) is 21.6. The summed E-state index contributed by atoms with van der Waals surface area (Å²) in [5, 5.41) is 9.44. The van der Waals surface area contributed by atoms with Gasteiger partial charge in [-0.05, 0) is 55.7 Å². The molecule has 4 rings (SSSR count). The molecule has 2 aliphatic heterocycles. The zero-order chi connectivity index (χ0) is 25.6. The van der Waals surface area contributed by atoms with Crippen molar-refractivity contribution < 1.29 is 27.6 Å². The van der Waals surface area contributed by atoms with Gasteiger partial charge in [-0.3, -0.25) is 14.9 Å². The van der Waals surface area contributed by atoms with Gasteiger partial charge in [0.1, 0.15) is 11.5 Å². The number of nitrogens with zero attached hydrogens (tertiary/aromatic N) is 3. The van der Waals surface area contributed by atoms with E-state index in [4.69, 9.17) is 9.15 Å². The van der Waals surface area contributed by atoms with Crippen LogP contribution in [0.1, 0.15) is 38.4 Å². The summed E-state index contributed by atoms with van der Waals surface area (Å²) in [4.78, 5) is 17.0. The largest absolute Gasteiger partial charge is 0.494 e. The van der Waals surface area contributed by atoms with Crippen molar-refractivity contribution in [3.8, 4) is 5.75 Å². The normalized spacial score (nSPS) is 19.2. The fourth-order valence-electron chi connectivity index (χ4n) is 4.92. The fourth-order valence-corrected chi connectivity index (χ4v) is 7.04. The summed E-state index contributed by atoms with van der Waals surface area (Å²) in [6.45, 7) is 5.73. The lowest BCUT2D eigenvalue weighted by molar-refractivity contribution is -0.133. The number of furan rings is 1. The monoisotopic (exact) mass is 520 g/mol. The van der Waals surface area contributed by atoms with Gasteiger partial charge in [0.05, 0.1) is 19.4 Å². The Kier molecular flexibility index (Phi) is 8.55. The van der Waals surface area contributed by atoms with Gasteiger partial charge in [-0.25, -0.2) is 13.9 Å². The van der Waals surface area contributed by atoms with Crippen molar-refractivity contribution in [3.05, 3.63) is 48.4 Å². The van der Waals surface area contributed by atoms with Gasteiger partial charge in [0.2, 0.25) is 10.0 Å². The molecule has 0 aliphatic carbocycles. The maximum absolute atomic E-state index is 13.8. The Labute approximate surface area is 212 Å². The predicted molar refractivity (Wildman–Crippen MR) is 135 cm³/mol. The van der Waals surface area contributed by atoms with E-state index in [9.17, 15) is 18.4 Å². The predicted octanol–water partition coefficient (Wildman–Crippen LogP) is 2.45. The Morgan fingerprint density at radius 2 is 1.78 bits per heavy atom. The number of anilines is 1. The van der Waals surface area contributed by atoms with Gasteiger partial charge in [0.25, 0.3) is 5.91 Å². The molecule has 2 fully saturated rings. The molecule has 0 bridgehead atoms. The summed E-state index contributed by atoms with van der Waals surface area (Å²) in [6.07, 6.45) is 3.89. The molecule has 0 radical (unpaired) electrons. The molecular weight excluding hydrogens is 484 g/mol. The van der Waals surface area contributed by atoms with Gasteiger partial charge >= 0.3 is 0 Å². The highest BCUT2D eigenvalue weighted by Gasteiger charge is 2.55. The number of ether oxygens (including phenoxy) is 1. The number of carbonyl (C=O) groups is 1. The number of likely N-dealkylation sites (tertiary alicyclic amines) is 1. The third kappa shape index (κ3) is 5.54. The average Bonchev–Trinajstić information content (AvgIpc) is 3.42. The standard InChI is InChI=1S/C25H36N4O6S/c1-2-3-18-34-22-8-6-21(7-9-22)28-14-16-29(17-15-28)36(32,33)25(24(30)26-31)10-12-27(13-11-25)20-23-5-4-19-35-23/h4-9,19,31H,2-3,10-18,20H2,1H3,(H,26,30). The Hall–Kier alpha value is -2.60. The van der Waals surface area contributed by atoms with Crippen LogP contribution in [0, 0.1) is 0 Å². The van der Waals surface area contributed by atoms with Crippen LogP contribution in [0.2, 0.25) is 0 Å². The average molecular weight is 521 g/mol. The lowest BCUT2D eigenvalue weighted by Crippen LogP contribution is -2.63. The SMILES string of the molecule is CCCCOc1ccc(N2CCN(S(=O)(=O)C3(C(=O)NO)CCN(Cc4ccco4)CC3)CC2)cc1. The molecular formula is C25H36N4O6S. The number of piperazine rings is 1. The molecule has 2 N–H and O–H groups in total. The van der Waals surface area contributed by atoms with Crippen molar-refractivity contribution in [2.24, 2.45) is 0 Å². The number of sulfonamides is 1. The fraction of sp³-hybridized carbons (Fsp3) is 0.560. The van der Waals surface area contributed by atoms with Crippen molar-refractivity contribution in [2.45, 2.75) is 43.9 Å². The number of amides is 1. The van der Waals surface area contributed by atoms with E-state index in [2.05, 4.69) is 16.7 Å². The maximum atomic E-state index is 13.8. The smallest absolute Gasteiger partial charge is 0.266 e. The molecule has 2 saturated heterocycles. The third-order valence-corrected chi connectivity index (χ3v) is 9.81. The molecule has 1 aromatic heterocycles. The van der Waals surface area contributed by atoms with Crippen molar-refractivity contribution >= 4 is 21.6 Å². The number of hydroxylamine groups is 1. The van der Waals surface area contributed by atoms with Crippen LogP contribution in [-0.4, -0.2) is 79.4 Å². The highest BCUT2D eigenvalue weighted by atomic mass is 32.2. The molecule has 2 aliphatic rings. The van der Waals surface area contributed by atoms with E-state index in [0.717, 1.165) is 30.0 Å². The summed E-state index contributed by atoms with van der Waals surface area (Å²) in [7, 11) is -4.00. The number of hydrogen-bond acceptors (Lipinski definition) is 8. The molecule has 2 aromatic rings. The number of carbonyl (C=O) groups excluding carboxylic acids is 1. The van der Waals surface area contributed by atoms with Crippen LogP contribution in [0.25, 0.3) is 0 Å². The molecule has 10 nitrogen and oxygen atoms in total. The molecule has 3 heterocycles. The quantitative estimate of drug-likeness (QED) is 0.279.